The van der Waals surface area contributed by atoms with Gasteiger partial charge in [-0.1, -0.05) is 29.8 Å². The summed E-state index contributed by atoms with van der Waals surface area (Å²) in [5.74, 6) is -0.410. The van der Waals surface area contributed by atoms with Crippen molar-refractivity contribution in [2.45, 2.75) is 27.2 Å². The second-order valence-corrected chi connectivity index (χ2v) is 6.26. The molecule has 1 N–H and O–H groups in total. The van der Waals surface area contributed by atoms with Gasteiger partial charge in [0, 0.05) is 5.69 Å². The van der Waals surface area contributed by atoms with E-state index in [1.165, 1.54) is 0 Å². The van der Waals surface area contributed by atoms with E-state index in [1.54, 1.807) is 24.3 Å². The van der Waals surface area contributed by atoms with E-state index in [-0.39, 0.29) is 6.61 Å². The van der Waals surface area contributed by atoms with Gasteiger partial charge >= 0.3 is 5.97 Å². The Kier molecular flexibility index (Phi) is 6.95. The van der Waals surface area contributed by atoms with Gasteiger partial charge in [-0.3, -0.25) is 4.79 Å². The van der Waals surface area contributed by atoms with E-state index in [0.29, 0.717) is 17.9 Å². The van der Waals surface area contributed by atoms with Crippen LogP contribution in [0.3, 0.4) is 0 Å². The molecule has 27 heavy (non-hydrogen) atoms. The number of amides is 1. The van der Waals surface area contributed by atoms with Crippen LogP contribution in [0.4, 0.5) is 5.69 Å². The molecule has 2 aromatic rings. The molecule has 2 aromatic carbocycles. The molecule has 6 heteroatoms. The third-order valence-corrected chi connectivity index (χ3v) is 3.82. The van der Waals surface area contributed by atoms with E-state index in [4.69, 9.17) is 14.7 Å². The molecule has 0 aliphatic rings. The summed E-state index contributed by atoms with van der Waals surface area (Å²) in [4.78, 5) is 23.7. The summed E-state index contributed by atoms with van der Waals surface area (Å²) in [5.41, 5.74) is 4.44. The normalized spacial score (nSPS) is 10.0. The smallest absolute Gasteiger partial charge is 0.344 e. The van der Waals surface area contributed by atoms with Crippen molar-refractivity contribution >= 4 is 17.6 Å². The van der Waals surface area contributed by atoms with Crippen molar-refractivity contribution < 1.29 is 19.1 Å². The van der Waals surface area contributed by atoms with E-state index in [2.05, 4.69) is 11.4 Å². The first-order valence-electron chi connectivity index (χ1n) is 8.51. The number of anilines is 1. The van der Waals surface area contributed by atoms with Gasteiger partial charge < -0.3 is 14.8 Å². The van der Waals surface area contributed by atoms with Crippen LogP contribution >= 0.6 is 0 Å². The van der Waals surface area contributed by atoms with Crippen LogP contribution in [-0.2, 0) is 20.7 Å². The Morgan fingerprint density at radius 1 is 1.04 bits per heavy atom. The Bertz CT molecular complexity index is 844. The molecule has 6 nitrogen and oxygen atoms in total. The first-order chi connectivity index (χ1) is 12.9. The number of hydrogen-bond acceptors (Lipinski definition) is 5. The summed E-state index contributed by atoms with van der Waals surface area (Å²) in [5, 5.41) is 11.3. The predicted molar refractivity (Wildman–Crippen MR) is 101 cm³/mol. The monoisotopic (exact) mass is 366 g/mol. The van der Waals surface area contributed by atoms with Gasteiger partial charge in [-0.05, 0) is 49.6 Å². The quantitative estimate of drug-likeness (QED) is 0.760. The number of carbonyl (C=O) groups is 2. The van der Waals surface area contributed by atoms with E-state index < -0.39 is 18.5 Å². The molecule has 0 unspecified atom stereocenters. The van der Waals surface area contributed by atoms with Gasteiger partial charge in [-0.2, -0.15) is 5.26 Å². The van der Waals surface area contributed by atoms with Gasteiger partial charge in [0.25, 0.3) is 5.91 Å². The highest BCUT2D eigenvalue weighted by atomic mass is 16.6. The topological polar surface area (TPSA) is 88.4 Å². The van der Waals surface area contributed by atoms with Crippen molar-refractivity contribution in [3.63, 3.8) is 0 Å². The molecule has 0 saturated carbocycles. The average Bonchev–Trinajstić information content (AvgIpc) is 2.61. The molecule has 0 aromatic heterocycles. The van der Waals surface area contributed by atoms with Crippen molar-refractivity contribution in [1.82, 2.24) is 0 Å². The zero-order valence-electron chi connectivity index (χ0n) is 15.7. The minimum atomic E-state index is -0.617. The lowest BCUT2D eigenvalue weighted by molar-refractivity contribution is -0.149. The second kappa shape index (κ2) is 9.39. The molecule has 0 aliphatic carbocycles. The van der Waals surface area contributed by atoms with Crippen LogP contribution in [0.5, 0.6) is 5.75 Å². The lowest BCUT2D eigenvalue weighted by Crippen LogP contribution is -2.23. The fourth-order valence-electron chi connectivity index (χ4n) is 2.71. The molecule has 140 valence electrons. The van der Waals surface area contributed by atoms with Gasteiger partial charge in [-0.25, -0.2) is 4.79 Å². The second-order valence-electron chi connectivity index (χ2n) is 6.26. The van der Waals surface area contributed by atoms with Crippen LogP contribution in [0.15, 0.2) is 36.4 Å². The third-order valence-electron chi connectivity index (χ3n) is 3.82. The maximum atomic E-state index is 11.9. The van der Waals surface area contributed by atoms with Gasteiger partial charge in [0.2, 0.25) is 0 Å². The zero-order chi connectivity index (χ0) is 19.8. The van der Waals surface area contributed by atoms with Crippen molar-refractivity contribution in [2.75, 3.05) is 18.5 Å². The molecule has 2 rings (SSSR count). The van der Waals surface area contributed by atoms with Crippen LogP contribution in [0, 0.1) is 32.1 Å². The van der Waals surface area contributed by atoms with Crippen LogP contribution in [0.2, 0.25) is 0 Å². The molecule has 0 bridgehead atoms. The van der Waals surface area contributed by atoms with E-state index in [1.807, 2.05) is 32.9 Å². The first-order valence-corrected chi connectivity index (χ1v) is 8.51. The van der Waals surface area contributed by atoms with Crippen molar-refractivity contribution in [2.24, 2.45) is 0 Å². The highest BCUT2D eigenvalue weighted by Gasteiger charge is 2.11. The highest BCUT2D eigenvalue weighted by Crippen LogP contribution is 2.24. The number of nitrogens with zero attached hydrogens (tertiary/aromatic N) is 1. The molecular weight excluding hydrogens is 344 g/mol. The fraction of sp³-hybridized carbons (Fsp3) is 0.286. The Morgan fingerprint density at radius 3 is 2.26 bits per heavy atom. The van der Waals surface area contributed by atoms with E-state index >= 15 is 0 Å². The predicted octanol–water partition coefficient (Wildman–Crippen LogP) is 3.24. The molecule has 0 fully saturated rings. The number of nitrogens with one attached hydrogen (secondary N) is 1. The number of nitriles is 1. The largest absolute Gasteiger partial charge is 0.481 e. The number of ether oxygens (including phenoxy) is 2. The molecule has 1 amide bonds. The van der Waals surface area contributed by atoms with E-state index in [0.717, 1.165) is 22.3 Å². The standard InChI is InChI=1S/C21H22N2O4/c1-14-10-15(2)21(16(3)11-14)27-13-20(25)26-12-19(24)23-18-6-4-17(5-7-18)8-9-22/h4-7,10-11H,8,12-13H2,1-3H3,(H,23,24). The molecule has 0 aliphatic heterocycles. The number of aryl methyl sites for hydroxylation is 3. The van der Waals surface area contributed by atoms with Crippen LogP contribution in [0.25, 0.3) is 0 Å². The maximum Gasteiger partial charge on any atom is 0.344 e. The van der Waals surface area contributed by atoms with Crippen molar-refractivity contribution in [3.05, 3.63) is 58.7 Å². The molecule has 0 atom stereocenters. The maximum absolute atomic E-state index is 11.9. The van der Waals surface area contributed by atoms with E-state index in [9.17, 15) is 9.59 Å². The summed E-state index contributed by atoms with van der Waals surface area (Å²) >= 11 is 0. The summed E-state index contributed by atoms with van der Waals surface area (Å²) in [6.45, 7) is 5.16. The summed E-state index contributed by atoms with van der Waals surface area (Å²) in [7, 11) is 0. The summed E-state index contributed by atoms with van der Waals surface area (Å²) in [6, 6.07) is 12.9. The number of rotatable bonds is 7. The fourth-order valence-corrected chi connectivity index (χ4v) is 2.71. The first kappa shape index (κ1) is 20.0. The number of carbonyl (C=O) groups excluding carboxylic acids is 2. The number of esters is 1. The van der Waals surface area contributed by atoms with Crippen LogP contribution < -0.4 is 10.1 Å². The van der Waals surface area contributed by atoms with Crippen molar-refractivity contribution in [1.29, 1.82) is 5.26 Å². The van der Waals surface area contributed by atoms with Crippen LogP contribution in [0.1, 0.15) is 22.3 Å². The number of hydrogen-bond donors (Lipinski definition) is 1. The van der Waals surface area contributed by atoms with Gasteiger partial charge in [-0.15, -0.1) is 0 Å². The van der Waals surface area contributed by atoms with Gasteiger partial charge in [0.1, 0.15) is 5.75 Å². The van der Waals surface area contributed by atoms with Crippen LogP contribution in [-0.4, -0.2) is 25.1 Å². The SMILES string of the molecule is Cc1cc(C)c(OCC(=O)OCC(=O)Nc2ccc(CC#N)cc2)c(C)c1. The Morgan fingerprint density at radius 2 is 1.67 bits per heavy atom. The third kappa shape index (κ3) is 6.15. The molecule has 0 heterocycles. The average molecular weight is 366 g/mol. The van der Waals surface area contributed by atoms with Gasteiger partial charge in [0.05, 0.1) is 12.5 Å². The minimum Gasteiger partial charge on any atom is -0.481 e. The Labute approximate surface area is 158 Å². The Balaban J connectivity index is 1.78. The van der Waals surface area contributed by atoms with Gasteiger partial charge in [0.15, 0.2) is 13.2 Å². The lowest BCUT2D eigenvalue weighted by atomic mass is 10.1. The summed E-state index contributed by atoms with van der Waals surface area (Å²) in [6.07, 6.45) is 0.311. The van der Waals surface area contributed by atoms with Crippen molar-refractivity contribution in [3.8, 4) is 11.8 Å². The summed E-state index contributed by atoms with van der Waals surface area (Å²) < 4.78 is 10.5. The molecular formula is C21H22N2O4. The molecule has 0 saturated heterocycles. The Hall–Kier alpha value is -3.33. The zero-order valence-corrected chi connectivity index (χ0v) is 15.7. The minimum absolute atomic E-state index is 0.263. The number of benzene rings is 2. The highest BCUT2D eigenvalue weighted by molar-refractivity contribution is 5.92. The lowest BCUT2D eigenvalue weighted by Gasteiger charge is -2.13. The molecule has 0 radical (unpaired) electrons. The molecule has 0 spiro atoms.